The first-order valence-electron chi connectivity index (χ1n) is 16.2. The lowest BCUT2D eigenvalue weighted by Crippen LogP contribution is -2.55. The highest BCUT2D eigenvalue weighted by Gasteiger charge is 2.51. The molecule has 6 nitrogen and oxygen atoms in total. The summed E-state index contributed by atoms with van der Waals surface area (Å²) in [5, 5.41) is 2.69. The average molecular weight is 557 g/mol. The molecule has 2 aromatic carbocycles. The topological polar surface area (TPSA) is 51.8 Å². The summed E-state index contributed by atoms with van der Waals surface area (Å²) in [7, 11) is 0. The molecule has 0 radical (unpaired) electrons. The lowest BCUT2D eigenvalue weighted by Gasteiger charge is -2.52. The smallest absolute Gasteiger partial charge is 0.409 e. The molecule has 1 atom stereocenters. The Bertz CT molecular complexity index is 1420. The van der Waals surface area contributed by atoms with E-state index in [-0.39, 0.29) is 11.5 Å². The first kappa shape index (κ1) is 27.1. The molecule has 4 aliphatic rings. The maximum Gasteiger partial charge on any atom is 0.409 e. The zero-order valence-corrected chi connectivity index (χ0v) is 25.5. The van der Waals surface area contributed by atoms with Crippen LogP contribution < -0.4 is 4.90 Å². The minimum absolute atomic E-state index is 0.0839. The fraction of sp³-hybridized carbons (Fsp3) is 0.629. The number of hydrogen-bond acceptors (Lipinski definition) is 4. The molecule has 41 heavy (non-hydrogen) atoms. The van der Waals surface area contributed by atoms with E-state index in [0.29, 0.717) is 24.1 Å². The number of likely N-dealkylation sites (tertiary alicyclic amines) is 2. The van der Waals surface area contributed by atoms with E-state index in [1.807, 2.05) is 11.8 Å². The van der Waals surface area contributed by atoms with Crippen molar-refractivity contribution in [2.75, 3.05) is 44.2 Å². The second-order valence-electron chi connectivity index (χ2n) is 14.5. The van der Waals surface area contributed by atoms with Gasteiger partial charge in [-0.05, 0) is 93.3 Å². The molecule has 3 saturated heterocycles. The molecule has 3 aromatic rings. The lowest BCUT2D eigenvalue weighted by atomic mass is 9.64. The molecular weight excluding hydrogens is 508 g/mol. The molecule has 3 aliphatic heterocycles. The number of nitrogens with zero attached hydrogens (tertiary/aromatic N) is 3. The van der Waals surface area contributed by atoms with Crippen LogP contribution in [0.2, 0.25) is 0 Å². The van der Waals surface area contributed by atoms with Crippen molar-refractivity contribution < 1.29 is 9.53 Å². The van der Waals surface area contributed by atoms with Crippen LogP contribution in [0.1, 0.15) is 78.2 Å². The Balaban J connectivity index is 1.06. The van der Waals surface area contributed by atoms with Gasteiger partial charge in [0.2, 0.25) is 0 Å². The largest absolute Gasteiger partial charge is 0.450 e. The molecule has 1 saturated carbocycles. The van der Waals surface area contributed by atoms with Gasteiger partial charge in [0, 0.05) is 48.0 Å². The molecule has 1 N–H and O–H groups in total. The second-order valence-corrected chi connectivity index (χ2v) is 14.5. The zero-order valence-electron chi connectivity index (χ0n) is 25.5. The third-order valence-electron chi connectivity index (χ3n) is 11.0. The van der Waals surface area contributed by atoms with Gasteiger partial charge < -0.3 is 24.4 Å². The van der Waals surface area contributed by atoms with Crippen molar-refractivity contribution in [1.29, 1.82) is 0 Å². The van der Waals surface area contributed by atoms with Crippen LogP contribution in [0.4, 0.5) is 10.5 Å². The predicted octanol–water partition coefficient (Wildman–Crippen LogP) is 7.31. The number of para-hydroxylation sites is 1. The third kappa shape index (κ3) is 4.70. The fourth-order valence-electron chi connectivity index (χ4n) is 8.87. The summed E-state index contributed by atoms with van der Waals surface area (Å²) >= 11 is 0. The Morgan fingerprint density at radius 2 is 1.78 bits per heavy atom. The van der Waals surface area contributed by atoms with E-state index in [1.54, 1.807) is 0 Å². The summed E-state index contributed by atoms with van der Waals surface area (Å²) < 4.78 is 5.27. The van der Waals surface area contributed by atoms with Gasteiger partial charge in [-0.2, -0.15) is 0 Å². The molecule has 4 heterocycles. The summed E-state index contributed by atoms with van der Waals surface area (Å²) in [6.45, 7) is 14.8. The summed E-state index contributed by atoms with van der Waals surface area (Å²) in [6, 6.07) is 14.9. The summed E-state index contributed by atoms with van der Waals surface area (Å²) in [4.78, 5) is 23.6. The van der Waals surface area contributed by atoms with Crippen molar-refractivity contribution in [1.82, 2.24) is 14.8 Å². The minimum Gasteiger partial charge on any atom is -0.450 e. The lowest BCUT2D eigenvalue weighted by molar-refractivity contribution is -0.0109. The van der Waals surface area contributed by atoms with Crippen molar-refractivity contribution >= 4 is 33.6 Å². The zero-order chi connectivity index (χ0) is 28.4. The van der Waals surface area contributed by atoms with Crippen LogP contribution in [0.15, 0.2) is 36.4 Å². The number of fused-ring (bicyclic) bond motifs is 3. The third-order valence-corrected chi connectivity index (χ3v) is 11.0. The normalized spacial score (nSPS) is 27.8. The van der Waals surface area contributed by atoms with Crippen molar-refractivity contribution in [3.8, 4) is 0 Å². The Labute approximate surface area is 245 Å². The molecule has 0 bridgehead atoms. The van der Waals surface area contributed by atoms with E-state index in [0.717, 1.165) is 32.0 Å². The Hall–Kier alpha value is -2.73. The number of nitrogens with one attached hydrogen (secondary N) is 1. The number of aromatic amines is 1. The van der Waals surface area contributed by atoms with Crippen LogP contribution in [0, 0.1) is 11.3 Å². The monoisotopic (exact) mass is 556 g/mol. The molecule has 1 spiro atoms. The van der Waals surface area contributed by atoms with Crippen LogP contribution in [-0.2, 0) is 10.2 Å². The molecule has 1 aliphatic carbocycles. The molecule has 6 heteroatoms. The Kier molecular flexibility index (Phi) is 6.76. The van der Waals surface area contributed by atoms with Crippen molar-refractivity contribution in [3.05, 3.63) is 42.0 Å². The van der Waals surface area contributed by atoms with Crippen LogP contribution in [0.5, 0.6) is 0 Å². The van der Waals surface area contributed by atoms with Crippen LogP contribution in [-0.4, -0.2) is 72.3 Å². The van der Waals surface area contributed by atoms with Gasteiger partial charge in [0.15, 0.2) is 0 Å². The van der Waals surface area contributed by atoms with E-state index in [4.69, 9.17) is 4.74 Å². The molecule has 0 unspecified atom stereocenters. The number of amides is 1. The van der Waals surface area contributed by atoms with E-state index in [2.05, 4.69) is 72.0 Å². The van der Waals surface area contributed by atoms with Gasteiger partial charge in [0.1, 0.15) is 0 Å². The maximum atomic E-state index is 12.2. The molecule has 1 aromatic heterocycles. The number of carbonyl (C=O) groups excluding carboxylic acids is 1. The average Bonchev–Trinajstić information content (AvgIpc) is 3.68. The highest BCUT2D eigenvalue weighted by molar-refractivity contribution is 6.12. The number of rotatable bonds is 4. The van der Waals surface area contributed by atoms with Crippen LogP contribution >= 0.6 is 0 Å². The molecule has 7 rings (SSSR count). The summed E-state index contributed by atoms with van der Waals surface area (Å²) in [6.07, 6.45) is 8.72. The van der Waals surface area contributed by atoms with E-state index < -0.39 is 0 Å². The number of carbonyl (C=O) groups is 1. The highest BCUT2D eigenvalue weighted by Crippen LogP contribution is 2.51. The molecular formula is C35H48N4O2. The first-order valence-corrected chi connectivity index (χ1v) is 16.2. The molecule has 4 fully saturated rings. The maximum absolute atomic E-state index is 12.2. The number of aromatic nitrogens is 1. The number of hydrogen-bond donors (Lipinski definition) is 1. The van der Waals surface area contributed by atoms with Crippen molar-refractivity contribution in [2.24, 2.45) is 11.3 Å². The number of anilines is 1. The quantitative estimate of drug-likeness (QED) is 0.366. The fourth-order valence-corrected chi connectivity index (χ4v) is 8.87. The Morgan fingerprint density at radius 1 is 1.00 bits per heavy atom. The van der Waals surface area contributed by atoms with Gasteiger partial charge >= 0.3 is 6.09 Å². The standard InChI is InChI=1S/C35H48N4O2/c1-5-41-33(40)38-20-16-35(23-38)21-25(22-35)37-18-14-24(15-19-37)30-11-8-17-39(30)32-28(34(2,3)4)13-12-27-26-9-6-7-10-29(26)36-31(27)32/h6-7,9-10,12-13,24-25,30,36H,5,8,11,14-23H2,1-4H3/t25?,30-,35?/m0/s1. The van der Waals surface area contributed by atoms with Gasteiger partial charge in [0.25, 0.3) is 0 Å². The van der Waals surface area contributed by atoms with Gasteiger partial charge in [-0.3, -0.25) is 0 Å². The summed E-state index contributed by atoms with van der Waals surface area (Å²) in [5.41, 5.74) is 5.93. The Morgan fingerprint density at radius 3 is 2.54 bits per heavy atom. The molecule has 220 valence electrons. The van der Waals surface area contributed by atoms with Crippen LogP contribution in [0.3, 0.4) is 0 Å². The van der Waals surface area contributed by atoms with Crippen molar-refractivity contribution in [3.63, 3.8) is 0 Å². The van der Waals surface area contributed by atoms with E-state index >= 15 is 0 Å². The van der Waals surface area contributed by atoms with Gasteiger partial charge in [0.05, 0.1) is 17.8 Å². The van der Waals surface area contributed by atoms with E-state index in [9.17, 15) is 4.79 Å². The number of ether oxygens (including phenoxy) is 1. The number of H-pyrrole nitrogens is 1. The highest BCUT2D eigenvalue weighted by atomic mass is 16.6. The first-order chi connectivity index (χ1) is 19.8. The van der Waals surface area contributed by atoms with Gasteiger partial charge in [-0.15, -0.1) is 0 Å². The minimum atomic E-state index is -0.118. The number of piperidine rings is 1. The predicted molar refractivity (Wildman–Crippen MR) is 168 cm³/mol. The van der Waals surface area contributed by atoms with Crippen molar-refractivity contribution in [2.45, 2.75) is 90.1 Å². The molecule has 1 amide bonds. The second kappa shape index (κ2) is 10.2. The van der Waals surface area contributed by atoms with Gasteiger partial charge in [-0.25, -0.2) is 4.79 Å². The van der Waals surface area contributed by atoms with Crippen LogP contribution in [0.25, 0.3) is 21.8 Å². The summed E-state index contributed by atoms with van der Waals surface area (Å²) in [5.74, 6) is 0.751. The SMILES string of the molecule is CCOC(=O)N1CCC2(CC(N3CCC([C@@H]4CCCN4c4c(C(C)(C)C)ccc5c4[nH]c4ccccc45)CC3)C2)C1. The van der Waals surface area contributed by atoms with E-state index in [1.165, 1.54) is 84.7 Å². The number of benzene rings is 2. The van der Waals surface area contributed by atoms with Gasteiger partial charge in [-0.1, -0.05) is 51.1 Å².